The van der Waals surface area contributed by atoms with Crippen molar-refractivity contribution < 1.29 is 0 Å². The van der Waals surface area contributed by atoms with Gasteiger partial charge in [0.2, 0.25) is 0 Å². The van der Waals surface area contributed by atoms with Crippen molar-refractivity contribution in [1.29, 1.82) is 0 Å². The summed E-state index contributed by atoms with van der Waals surface area (Å²) in [6.45, 7) is 0. The van der Waals surface area contributed by atoms with Crippen LogP contribution in [0, 0.1) is 5.63 Å². The summed E-state index contributed by atoms with van der Waals surface area (Å²) in [6, 6.07) is 20.6. The van der Waals surface area contributed by atoms with Gasteiger partial charge < -0.3 is 0 Å². The van der Waals surface area contributed by atoms with Gasteiger partial charge >= 0.3 is 85.2 Å². The predicted molar refractivity (Wildman–Crippen MR) is 62.4 cm³/mol. The van der Waals surface area contributed by atoms with Gasteiger partial charge in [-0.1, -0.05) is 0 Å². The van der Waals surface area contributed by atoms with E-state index in [-0.39, 0.29) is 0 Å². The zero-order valence-corrected chi connectivity index (χ0v) is 8.62. The van der Waals surface area contributed by atoms with Gasteiger partial charge in [-0.2, -0.15) is 0 Å². The van der Waals surface area contributed by atoms with Crippen LogP contribution in [0.2, 0.25) is 0 Å². The summed E-state index contributed by atoms with van der Waals surface area (Å²) in [6.07, 6.45) is 0. The second-order valence-electron chi connectivity index (χ2n) is 2.93. The zero-order chi connectivity index (χ0) is 9.64. The molecule has 0 aliphatic carbocycles. The Bertz CT molecular complexity index is 405. The molecule has 1 heteroatoms. The standard InChI is InChI=1S/C13H10P/c1-3-7-12(8-4-1)11-14-13-9-5-2-6-10-13/h1-10H/q+1. The van der Waals surface area contributed by atoms with Crippen molar-refractivity contribution in [2.45, 2.75) is 0 Å². The predicted octanol–water partition coefficient (Wildman–Crippen LogP) is 3.27. The van der Waals surface area contributed by atoms with Crippen LogP contribution in [-0.4, -0.2) is 0 Å². The first kappa shape index (κ1) is 9.21. The first-order chi connectivity index (χ1) is 6.95. The molecule has 0 aromatic heterocycles. The molecule has 0 spiro atoms. The molecule has 0 aliphatic heterocycles. The van der Waals surface area contributed by atoms with Crippen molar-refractivity contribution in [2.24, 2.45) is 0 Å². The van der Waals surface area contributed by atoms with Crippen molar-refractivity contribution >= 4 is 13.3 Å². The average Bonchev–Trinajstić information content (AvgIpc) is 2.29. The van der Waals surface area contributed by atoms with E-state index in [1.165, 1.54) is 5.30 Å². The second kappa shape index (κ2) is 4.77. The van der Waals surface area contributed by atoms with E-state index in [1.807, 2.05) is 24.3 Å². The Kier molecular flexibility index (Phi) is 3.14. The summed E-state index contributed by atoms with van der Waals surface area (Å²) in [4.78, 5) is 0. The molecule has 0 bridgehead atoms. The van der Waals surface area contributed by atoms with E-state index in [0.29, 0.717) is 0 Å². The fraction of sp³-hybridized carbons (Fsp3) is 0. The monoisotopic (exact) mass is 197 g/mol. The van der Waals surface area contributed by atoms with E-state index in [1.54, 1.807) is 0 Å². The first-order valence-corrected chi connectivity index (χ1v) is 5.41. The van der Waals surface area contributed by atoms with Gasteiger partial charge in [0.1, 0.15) is 0 Å². The molecular weight excluding hydrogens is 187 g/mol. The van der Waals surface area contributed by atoms with E-state index in [2.05, 4.69) is 42.0 Å². The van der Waals surface area contributed by atoms with Crippen LogP contribution in [0.1, 0.15) is 5.56 Å². The van der Waals surface area contributed by atoms with E-state index in [4.69, 9.17) is 0 Å². The second-order valence-corrected chi connectivity index (χ2v) is 3.89. The molecule has 0 amide bonds. The van der Waals surface area contributed by atoms with Gasteiger partial charge in [0.15, 0.2) is 0 Å². The normalized spacial score (nSPS) is 9.14. The van der Waals surface area contributed by atoms with Crippen molar-refractivity contribution in [3.05, 3.63) is 66.2 Å². The fourth-order valence-corrected chi connectivity index (χ4v) is 1.87. The Morgan fingerprint density at radius 3 is 1.93 bits per heavy atom. The van der Waals surface area contributed by atoms with Gasteiger partial charge in [-0.25, -0.2) is 0 Å². The summed E-state index contributed by atoms with van der Waals surface area (Å²) in [5.41, 5.74) is 4.48. The van der Waals surface area contributed by atoms with Crippen LogP contribution < -0.4 is 5.30 Å². The molecule has 0 saturated heterocycles. The maximum absolute atomic E-state index is 3.33. The summed E-state index contributed by atoms with van der Waals surface area (Å²) < 4.78 is 0. The molecular formula is C13H10P+. The van der Waals surface area contributed by atoms with Crippen molar-refractivity contribution in [3.63, 3.8) is 0 Å². The van der Waals surface area contributed by atoms with E-state index < -0.39 is 0 Å². The molecule has 0 N–H and O–H groups in total. The quantitative estimate of drug-likeness (QED) is 0.568. The van der Waals surface area contributed by atoms with Gasteiger partial charge in [-0.3, -0.25) is 0 Å². The Labute approximate surface area is 85.7 Å². The van der Waals surface area contributed by atoms with Gasteiger partial charge in [-0.15, -0.1) is 0 Å². The summed E-state index contributed by atoms with van der Waals surface area (Å²) in [7, 11) is 1.13. The van der Waals surface area contributed by atoms with Crippen molar-refractivity contribution in [3.8, 4) is 5.63 Å². The van der Waals surface area contributed by atoms with E-state index >= 15 is 0 Å². The molecule has 0 unspecified atom stereocenters. The van der Waals surface area contributed by atoms with Crippen molar-refractivity contribution in [2.75, 3.05) is 0 Å². The van der Waals surface area contributed by atoms with Crippen LogP contribution in [0.15, 0.2) is 60.7 Å². The molecule has 66 valence electrons. The molecule has 2 aromatic carbocycles. The molecule has 2 aromatic rings. The van der Waals surface area contributed by atoms with Crippen LogP contribution in [-0.2, 0) is 0 Å². The third kappa shape index (κ3) is 2.57. The number of hydrogen-bond donors (Lipinski definition) is 0. The zero-order valence-electron chi connectivity index (χ0n) is 7.72. The Balaban J connectivity index is 2.24. The minimum atomic E-state index is 1.13. The molecule has 14 heavy (non-hydrogen) atoms. The van der Waals surface area contributed by atoms with Gasteiger partial charge in [0.25, 0.3) is 0 Å². The summed E-state index contributed by atoms with van der Waals surface area (Å²) in [5, 5.41) is 1.27. The van der Waals surface area contributed by atoms with E-state index in [9.17, 15) is 0 Å². The Hall–Kier alpha value is -1.35. The minimum absolute atomic E-state index is 1.13. The van der Waals surface area contributed by atoms with Gasteiger partial charge in [0.05, 0.1) is 0 Å². The average molecular weight is 197 g/mol. The van der Waals surface area contributed by atoms with Gasteiger partial charge in [0, 0.05) is 0 Å². The SMILES string of the molecule is C(#[P+]c1ccccc1)c1ccccc1. The van der Waals surface area contributed by atoms with Crippen LogP contribution in [0.25, 0.3) is 0 Å². The topological polar surface area (TPSA) is 0 Å². The van der Waals surface area contributed by atoms with Crippen molar-refractivity contribution in [1.82, 2.24) is 0 Å². The third-order valence-corrected chi connectivity index (χ3v) is 2.77. The van der Waals surface area contributed by atoms with Crippen LogP contribution in [0.5, 0.6) is 0 Å². The fourth-order valence-electron chi connectivity index (χ4n) is 1.14. The van der Waals surface area contributed by atoms with Crippen LogP contribution in [0.3, 0.4) is 0 Å². The Morgan fingerprint density at radius 2 is 1.29 bits per heavy atom. The summed E-state index contributed by atoms with van der Waals surface area (Å²) >= 11 is 0. The third-order valence-electron chi connectivity index (χ3n) is 1.84. The van der Waals surface area contributed by atoms with Crippen LogP contribution >= 0.6 is 8.04 Å². The Morgan fingerprint density at radius 1 is 0.714 bits per heavy atom. The maximum atomic E-state index is 3.33. The molecule has 0 saturated carbocycles. The van der Waals surface area contributed by atoms with E-state index in [0.717, 1.165) is 13.6 Å². The molecule has 0 nitrogen and oxygen atoms in total. The van der Waals surface area contributed by atoms with Gasteiger partial charge in [-0.05, 0) is 0 Å². The summed E-state index contributed by atoms with van der Waals surface area (Å²) in [5.74, 6) is 0. The first-order valence-electron chi connectivity index (χ1n) is 4.52. The van der Waals surface area contributed by atoms with Crippen LogP contribution in [0.4, 0.5) is 0 Å². The number of benzene rings is 2. The molecule has 2 rings (SSSR count). The molecule has 0 radical (unpaired) electrons. The molecule has 0 fully saturated rings. The number of rotatable bonds is 0. The molecule has 0 atom stereocenters. The number of hydrogen-bond acceptors (Lipinski definition) is 0. The molecule has 0 aliphatic rings. The molecule has 0 heterocycles.